The molecule has 3 rings (SSSR count). The van der Waals surface area contributed by atoms with E-state index >= 15 is 0 Å². The van der Waals surface area contributed by atoms with Gasteiger partial charge in [0.25, 0.3) is 0 Å². The van der Waals surface area contributed by atoms with Crippen molar-refractivity contribution in [3.05, 3.63) is 41.7 Å². The van der Waals surface area contributed by atoms with Gasteiger partial charge in [-0.25, -0.2) is 0 Å². The van der Waals surface area contributed by atoms with Gasteiger partial charge in [0, 0.05) is 19.3 Å². The Kier molecular flexibility index (Phi) is 3.52. The molecule has 1 saturated heterocycles. The Morgan fingerprint density at radius 1 is 1.42 bits per heavy atom. The molecule has 1 unspecified atom stereocenters. The monoisotopic (exact) mass is 259 g/mol. The number of rotatable bonds is 3. The normalized spacial score (nSPS) is 19.5. The summed E-state index contributed by atoms with van der Waals surface area (Å²) < 4.78 is 7.82. The van der Waals surface area contributed by atoms with Crippen LogP contribution in [0.5, 0.6) is 0 Å². The Balaban J connectivity index is 1.86. The summed E-state index contributed by atoms with van der Waals surface area (Å²) in [6.45, 7) is 5.01. The van der Waals surface area contributed by atoms with E-state index in [1.165, 1.54) is 0 Å². The van der Waals surface area contributed by atoms with E-state index in [1.54, 1.807) is 6.20 Å². The Morgan fingerprint density at radius 3 is 3.11 bits per heavy atom. The van der Waals surface area contributed by atoms with Crippen molar-refractivity contribution in [3.63, 3.8) is 0 Å². The summed E-state index contributed by atoms with van der Waals surface area (Å²) in [5, 5.41) is 11.7. The molecule has 1 aliphatic heterocycles. The molecule has 6 heteroatoms. The van der Waals surface area contributed by atoms with Crippen LogP contribution in [0.1, 0.15) is 23.4 Å². The molecular weight excluding hydrogens is 242 g/mol. The molecular formula is C13H17N5O. The fourth-order valence-corrected chi connectivity index (χ4v) is 2.22. The number of hydrogen-bond donors (Lipinski definition) is 1. The first-order valence-electron chi connectivity index (χ1n) is 6.46. The zero-order valence-electron chi connectivity index (χ0n) is 10.9. The Hall–Kier alpha value is -1.79. The summed E-state index contributed by atoms with van der Waals surface area (Å²) in [7, 11) is 0. The van der Waals surface area contributed by atoms with Crippen LogP contribution in [0.4, 0.5) is 0 Å². The number of nitrogens with zero attached hydrogens (tertiary/aromatic N) is 4. The van der Waals surface area contributed by atoms with Gasteiger partial charge in [-0.3, -0.25) is 4.98 Å². The lowest BCUT2D eigenvalue weighted by Crippen LogP contribution is -2.34. The van der Waals surface area contributed by atoms with Gasteiger partial charge in [0.15, 0.2) is 5.82 Å². The maximum Gasteiger partial charge on any atom is 0.163 e. The van der Waals surface area contributed by atoms with Crippen molar-refractivity contribution in [1.29, 1.82) is 0 Å². The fourth-order valence-electron chi connectivity index (χ4n) is 2.22. The maximum absolute atomic E-state index is 5.75. The molecule has 19 heavy (non-hydrogen) atoms. The van der Waals surface area contributed by atoms with Crippen molar-refractivity contribution < 1.29 is 4.74 Å². The van der Waals surface area contributed by atoms with Gasteiger partial charge in [0.2, 0.25) is 0 Å². The van der Waals surface area contributed by atoms with Gasteiger partial charge in [-0.2, -0.15) is 0 Å². The molecule has 0 radical (unpaired) electrons. The second-order valence-corrected chi connectivity index (χ2v) is 4.58. The van der Waals surface area contributed by atoms with Gasteiger partial charge in [0.05, 0.1) is 18.8 Å². The van der Waals surface area contributed by atoms with Crippen molar-refractivity contribution in [1.82, 2.24) is 25.1 Å². The second kappa shape index (κ2) is 5.46. The second-order valence-electron chi connectivity index (χ2n) is 4.58. The van der Waals surface area contributed by atoms with E-state index in [0.29, 0.717) is 13.2 Å². The Labute approximate surface area is 111 Å². The van der Waals surface area contributed by atoms with Crippen LogP contribution in [0.2, 0.25) is 0 Å². The quantitative estimate of drug-likeness (QED) is 0.878. The lowest BCUT2D eigenvalue weighted by Gasteiger charge is -2.23. The third kappa shape index (κ3) is 2.64. The van der Waals surface area contributed by atoms with E-state index in [2.05, 4.69) is 25.1 Å². The van der Waals surface area contributed by atoms with Crippen molar-refractivity contribution >= 4 is 0 Å². The number of ether oxygens (including phenoxy) is 1. The minimum atomic E-state index is -0.0290. The number of hydrogen-bond acceptors (Lipinski definition) is 5. The molecule has 1 N–H and O–H groups in total. The van der Waals surface area contributed by atoms with Gasteiger partial charge < -0.3 is 14.6 Å². The average molecular weight is 259 g/mol. The van der Waals surface area contributed by atoms with Crippen molar-refractivity contribution in [2.45, 2.75) is 19.6 Å². The highest BCUT2D eigenvalue weighted by Crippen LogP contribution is 2.18. The molecule has 0 amide bonds. The first-order chi connectivity index (χ1) is 9.34. The topological polar surface area (TPSA) is 64.9 Å². The standard InChI is InChI=1S/C13H17N5O/c1-10-16-17-13(12-8-14-6-7-19-12)18(10)9-11-4-2-3-5-15-11/h2-5,12,14H,6-9H2,1H3. The van der Waals surface area contributed by atoms with Crippen LogP contribution in [0.25, 0.3) is 0 Å². The molecule has 0 bridgehead atoms. The van der Waals surface area contributed by atoms with E-state index in [4.69, 9.17) is 4.74 Å². The summed E-state index contributed by atoms with van der Waals surface area (Å²) in [5.74, 6) is 1.75. The highest BCUT2D eigenvalue weighted by molar-refractivity contribution is 5.08. The maximum atomic E-state index is 5.75. The summed E-state index contributed by atoms with van der Waals surface area (Å²) >= 11 is 0. The number of nitrogens with one attached hydrogen (secondary N) is 1. The molecule has 2 aromatic rings. The lowest BCUT2D eigenvalue weighted by molar-refractivity contribution is 0.0199. The molecule has 1 aliphatic rings. The van der Waals surface area contributed by atoms with E-state index in [-0.39, 0.29) is 6.10 Å². The van der Waals surface area contributed by atoms with Crippen LogP contribution in [0, 0.1) is 6.92 Å². The SMILES string of the molecule is Cc1nnc(C2CNCCO2)n1Cc1ccccn1. The molecule has 6 nitrogen and oxygen atoms in total. The molecule has 0 aromatic carbocycles. The van der Waals surface area contributed by atoms with E-state index in [1.807, 2.05) is 25.1 Å². The predicted molar refractivity (Wildman–Crippen MR) is 69.7 cm³/mol. The van der Waals surface area contributed by atoms with Crippen molar-refractivity contribution in [3.8, 4) is 0 Å². The fraction of sp³-hybridized carbons (Fsp3) is 0.462. The first-order valence-corrected chi connectivity index (χ1v) is 6.46. The van der Waals surface area contributed by atoms with E-state index in [0.717, 1.165) is 30.4 Å². The molecule has 100 valence electrons. The zero-order valence-corrected chi connectivity index (χ0v) is 10.9. The highest BCUT2D eigenvalue weighted by atomic mass is 16.5. The van der Waals surface area contributed by atoms with Crippen molar-refractivity contribution in [2.24, 2.45) is 0 Å². The molecule has 0 spiro atoms. The molecule has 1 atom stereocenters. The average Bonchev–Trinajstić information content (AvgIpc) is 2.82. The smallest absolute Gasteiger partial charge is 0.163 e. The number of morpholine rings is 1. The molecule has 0 saturated carbocycles. The van der Waals surface area contributed by atoms with Gasteiger partial charge in [0.1, 0.15) is 11.9 Å². The molecule has 3 heterocycles. The summed E-state index contributed by atoms with van der Waals surface area (Å²) in [5.41, 5.74) is 0.996. The summed E-state index contributed by atoms with van der Waals surface area (Å²) in [4.78, 5) is 4.35. The third-order valence-corrected chi connectivity index (χ3v) is 3.23. The van der Waals surface area contributed by atoms with Crippen molar-refractivity contribution in [2.75, 3.05) is 19.7 Å². The minimum Gasteiger partial charge on any atom is -0.368 e. The van der Waals surface area contributed by atoms with Gasteiger partial charge in [-0.1, -0.05) is 6.07 Å². The van der Waals surface area contributed by atoms with Crippen LogP contribution in [0.15, 0.2) is 24.4 Å². The summed E-state index contributed by atoms with van der Waals surface area (Å²) in [6, 6.07) is 5.90. The first kappa shape index (κ1) is 12.3. The van der Waals surface area contributed by atoms with Crippen LogP contribution >= 0.6 is 0 Å². The molecule has 0 aliphatic carbocycles. The predicted octanol–water partition coefficient (Wildman–Crippen LogP) is 0.691. The largest absolute Gasteiger partial charge is 0.368 e. The number of pyridine rings is 1. The van der Waals surface area contributed by atoms with Crippen LogP contribution < -0.4 is 5.32 Å². The van der Waals surface area contributed by atoms with E-state index in [9.17, 15) is 0 Å². The van der Waals surface area contributed by atoms with E-state index < -0.39 is 0 Å². The zero-order chi connectivity index (χ0) is 13.1. The van der Waals surface area contributed by atoms with Crippen LogP contribution in [-0.4, -0.2) is 39.4 Å². The van der Waals surface area contributed by atoms with Gasteiger partial charge in [-0.05, 0) is 19.1 Å². The highest BCUT2D eigenvalue weighted by Gasteiger charge is 2.22. The molecule has 2 aromatic heterocycles. The minimum absolute atomic E-state index is 0.0290. The number of aromatic nitrogens is 4. The summed E-state index contributed by atoms with van der Waals surface area (Å²) in [6.07, 6.45) is 1.77. The Bertz CT molecular complexity index is 533. The Morgan fingerprint density at radius 2 is 2.37 bits per heavy atom. The van der Waals surface area contributed by atoms with Crippen LogP contribution in [-0.2, 0) is 11.3 Å². The van der Waals surface area contributed by atoms with Gasteiger partial charge in [-0.15, -0.1) is 10.2 Å². The lowest BCUT2D eigenvalue weighted by atomic mass is 10.2. The van der Waals surface area contributed by atoms with Crippen LogP contribution in [0.3, 0.4) is 0 Å². The number of aryl methyl sites for hydroxylation is 1. The molecule has 1 fully saturated rings. The van der Waals surface area contributed by atoms with Gasteiger partial charge >= 0.3 is 0 Å². The third-order valence-electron chi connectivity index (χ3n) is 3.23.